The smallest absolute Gasteiger partial charge is 0.290 e. The van der Waals surface area contributed by atoms with Crippen LogP contribution in [0.25, 0.3) is 10.9 Å². The molecule has 2 N–H and O–H groups in total. The molecule has 2 fully saturated rings. The third kappa shape index (κ3) is 7.22. The van der Waals surface area contributed by atoms with Gasteiger partial charge in [-0.3, -0.25) is 14.5 Å². The lowest BCUT2D eigenvalue weighted by Crippen LogP contribution is -2.49. The van der Waals surface area contributed by atoms with Gasteiger partial charge in [0.15, 0.2) is 5.76 Å². The lowest BCUT2D eigenvalue weighted by Gasteiger charge is -2.34. The molecule has 1 atom stereocenters. The maximum Gasteiger partial charge on any atom is 0.290 e. The normalized spacial score (nSPS) is 17.6. The van der Waals surface area contributed by atoms with Crippen LogP contribution in [0.5, 0.6) is 0 Å². The fourth-order valence-corrected chi connectivity index (χ4v) is 6.49. The molecule has 0 unspecified atom stereocenters. The highest BCUT2D eigenvalue weighted by Gasteiger charge is 2.36. The van der Waals surface area contributed by atoms with Crippen LogP contribution in [-0.2, 0) is 11.3 Å². The zero-order valence-corrected chi connectivity index (χ0v) is 24.9. The van der Waals surface area contributed by atoms with Gasteiger partial charge in [-0.15, -0.1) is 0 Å². The van der Waals surface area contributed by atoms with Crippen LogP contribution in [0, 0.1) is 0 Å². The molecule has 41 heavy (non-hydrogen) atoms. The Hall–Kier alpha value is -3.10. The first-order valence-corrected chi connectivity index (χ1v) is 15.8. The van der Waals surface area contributed by atoms with Crippen molar-refractivity contribution in [3.8, 4) is 0 Å². The van der Waals surface area contributed by atoms with E-state index in [4.69, 9.17) is 4.42 Å². The second-order valence-electron chi connectivity index (χ2n) is 11.7. The van der Waals surface area contributed by atoms with Crippen LogP contribution >= 0.6 is 0 Å². The Kier molecular flexibility index (Phi) is 10.2. The van der Waals surface area contributed by atoms with Gasteiger partial charge in [0.1, 0.15) is 11.8 Å². The average molecular weight is 562 g/mol. The Morgan fingerprint density at radius 2 is 1.71 bits per heavy atom. The molecule has 8 nitrogen and oxygen atoms in total. The Morgan fingerprint density at radius 1 is 0.976 bits per heavy atom. The van der Waals surface area contributed by atoms with E-state index in [1.54, 1.807) is 11.0 Å². The molecule has 8 heteroatoms. The van der Waals surface area contributed by atoms with E-state index in [0.717, 1.165) is 74.1 Å². The molecule has 2 aromatic heterocycles. The van der Waals surface area contributed by atoms with E-state index in [2.05, 4.69) is 33.9 Å². The second-order valence-corrected chi connectivity index (χ2v) is 11.7. The van der Waals surface area contributed by atoms with Crippen molar-refractivity contribution in [1.82, 2.24) is 25.0 Å². The van der Waals surface area contributed by atoms with E-state index in [9.17, 15) is 9.59 Å². The van der Waals surface area contributed by atoms with Gasteiger partial charge in [0.05, 0.1) is 6.54 Å². The Balaban J connectivity index is 1.47. The van der Waals surface area contributed by atoms with E-state index in [1.807, 2.05) is 36.5 Å². The summed E-state index contributed by atoms with van der Waals surface area (Å²) in [7, 11) is 0. The van der Waals surface area contributed by atoms with Gasteiger partial charge in [0.25, 0.3) is 5.91 Å². The number of benzene rings is 1. The Labute approximate surface area is 244 Å². The van der Waals surface area contributed by atoms with E-state index < -0.39 is 6.04 Å². The van der Waals surface area contributed by atoms with Crippen molar-refractivity contribution < 1.29 is 14.0 Å². The predicted molar refractivity (Wildman–Crippen MR) is 163 cm³/mol. The topological polar surface area (TPSA) is 84.8 Å². The molecule has 1 aliphatic heterocycles. The molecule has 1 aromatic carbocycles. The van der Waals surface area contributed by atoms with Gasteiger partial charge in [-0.05, 0) is 70.1 Å². The second kappa shape index (κ2) is 14.2. The summed E-state index contributed by atoms with van der Waals surface area (Å²) in [6.45, 7) is 9.94. The van der Waals surface area contributed by atoms with Gasteiger partial charge < -0.3 is 24.5 Å². The molecule has 0 bridgehead atoms. The first-order valence-electron chi connectivity index (χ1n) is 15.8. The van der Waals surface area contributed by atoms with Gasteiger partial charge in [0.2, 0.25) is 5.91 Å². The number of carbonyl (C=O) groups is 2. The molecule has 2 aliphatic rings. The minimum Gasteiger partial charge on any atom is -0.455 e. The summed E-state index contributed by atoms with van der Waals surface area (Å²) >= 11 is 0. The fourth-order valence-electron chi connectivity index (χ4n) is 6.49. The standard InChI is InChI=1S/C33H47N5O3/c1-3-36(4-2)21-22-38(33(40)30-18-17-26(41-30)24-37-19-11-6-12-20-37)31(32(39)35-25-13-7-5-8-14-25)28-23-34-29-16-10-9-15-27(28)29/h9-10,15-18,23,25,31,34H,3-8,11-14,19-22,24H2,1-2H3,(H,35,39)/t31-/m1/s1. The number of likely N-dealkylation sites (tertiary alicyclic amines) is 1. The SMILES string of the molecule is CCN(CC)CCN(C(=O)c1ccc(CN2CCCCC2)o1)[C@@H](C(=O)NC1CCCCC1)c1c[nH]c2ccccc12. The van der Waals surface area contributed by atoms with Crippen molar-refractivity contribution in [1.29, 1.82) is 0 Å². The first kappa shape index (κ1) is 29.4. The summed E-state index contributed by atoms with van der Waals surface area (Å²) in [5.74, 6) is 0.742. The van der Waals surface area contributed by atoms with Crippen molar-refractivity contribution in [2.45, 2.75) is 83.8 Å². The number of aromatic amines is 1. The number of nitrogens with zero attached hydrogens (tertiary/aromatic N) is 3. The summed E-state index contributed by atoms with van der Waals surface area (Å²) in [6, 6.07) is 11.1. The monoisotopic (exact) mass is 561 g/mol. The molecule has 1 saturated heterocycles. The third-order valence-electron chi connectivity index (χ3n) is 8.94. The number of piperidine rings is 1. The number of likely N-dealkylation sites (N-methyl/N-ethyl adjacent to an activating group) is 1. The summed E-state index contributed by atoms with van der Waals surface area (Å²) in [4.78, 5) is 38.3. The van der Waals surface area contributed by atoms with Crippen molar-refractivity contribution in [3.63, 3.8) is 0 Å². The Morgan fingerprint density at radius 3 is 2.46 bits per heavy atom. The van der Waals surface area contributed by atoms with Gasteiger partial charge in [-0.1, -0.05) is 57.7 Å². The minimum atomic E-state index is -0.771. The van der Waals surface area contributed by atoms with Gasteiger partial charge >= 0.3 is 0 Å². The molecule has 1 saturated carbocycles. The summed E-state index contributed by atoms with van der Waals surface area (Å²) < 4.78 is 6.19. The molecule has 0 radical (unpaired) electrons. The lowest BCUT2D eigenvalue weighted by atomic mass is 9.94. The van der Waals surface area contributed by atoms with Crippen LogP contribution in [0.4, 0.5) is 0 Å². The molecule has 3 aromatic rings. The van der Waals surface area contributed by atoms with Gasteiger partial charge in [-0.25, -0.2) is 0 Å². The Bertz CT molecular complexity index is 1270. The zero-order chi connectivity index (χ0) is 28.6. The largest absolute Gasteiger partial charge is 0.455 e. The number of fused-ring (bicyclic) bond motifs is 1. The van der Waals surface area contributed by atoms with Crippen LogP contribution in [0.15, 0.2) is 47.0 Å². The van der Waals surface area contributed by atoms with Crippen molar-refractivity contribution >= 4 is 22.7 Å². The number of hydrogen-bond acceptors (Lipinski definition) is 5. The van der Waals surface area contributed by atoms with E-state index in [1.165, 1.54) is 25.7 Å². The zero-order valence-electron chi connectivity index (χ0n) is 24.9. The number of rotatable bonds is 12. The molecule has 0 spiro atoms. The predicted octanol–water partition coefficient (Wildman–Crippen LogP) is 5.72. The van der Waals surface area contributed by atoms with E-state index in [0.29, 0.717) is 25.4 Å². The number of nitrogens with one attached hydrogen (secondary N) is 2. The van der Waals surface area contributed by atoms with E-state index in [-0.39, 0.29) is 17.9 Å². The molecular weight excluding hydrogens is 514 g/mol. The van der Waals surface area contributed by atoms with Crippen molar-refractivity contribution in [2.24, 2.45) is 0 Å². The number of hydrogen-bond donors (Lipinski definition) is 2. The molecule has 5 rings (SSSR count). The van der Waals surface area contributed by atoms with E-state index >= 15 is 0 Å². The summed E-state index contributed by atoms with van der Waals surface area (Å²) in [5, 5.41) is 4.30. The third-order valence-corrected chi connectivity index (χ3v) is 8.94. The average Bonchev–Trinajstić information content (AvgIpc) is 3.65. The maximum atomic E-state index is 14.3. The number of aromatic nitrogens is 1. The van der Waals surface area contributed by atoms with Crippen LogP contribution in [0.3, 0.4) is 0 Å². The first-order chi connectivity index (χ1) is 20.1. The molecule has 1 aliphatic carbocycles. The number of furan rings is 1. The van der Waals surface area contributed by atoms with Crippen LogP contribution < -0.4 is 5.32 Å². The number of H-pyrrole nitrogens is 1. The van der Waals surface area contributed by atoms with Gasteiger partial charge in [0, 0.05) is 41.8 Å². The minimum absolute atomic E-state index is 0.116. The highest BCUT2D eigenvalue weighted by atomic mass is 16.4. The van der Waals surface area contributed by atoms with Gasteiger partial charge in [-0.2, -0.15) is 0 Å². The molecule has 3 heterocycles. The van der Waals surface area contributed by atoms with Crippen molar-refractivity contribution in [2.75, 3.05) is 39.3 Å². The lowest BCUT2D eigenvalue weighted by molar-refractivity contribution is -0.127. The number of amides is 2. The maximum absolute atomic E-state index is 14.3. The highest BCUT2D eigenvalue weighted by Crippen LogP contribution is 2.31. The quantitative estimate of drug-likeness (QED) is 0.295. The molecule has 2 amide bonds. The van der Waals surface area contributed by atoms with Crippen LogP contribution in [0.2, 0.25) is 0 Å². The molecular formula is C33H47N5O3. The van der Waals surface area contributed by atoms with Crippen LogP contribution in [0.1, 0.15) is 93.1 Å². The van der Waals surface area contributed by atoms with Crippen LogP contribution in [-0.4, -0.2) is 76.8 Å². The molecule has 222 valence electrons. The number of para-hydroxylation sites is 1. The van der Waals surface area contributed by atoms with Crippen molar-refractivity contribution in [3.05, 3.63) is 59.7 Å². The fraction of sp³-hybridized carbons (Fsp3) is 0.576. The summed E-state index contributed by atoms with van der Waals surface area (Å²) in [6.07, 6.45) is 11.0. The summed E-state index contributed by atoms with van der Waals surface area (Å²) in [5.41, 5.74) is 1.78. The highest BCUT2D eigenvalue weighted by molar-refractivity contribution is 5.98. The number of carbonyl (C=O) groups excluding carboxylic acids is 2.